The molecule has 24 heavy (non-hydrogen) atoms. The first-order valence-electron chi connectivity index (χ1n) is 7.83. The third-order valence-electron chi connectivity index (χ3n) is 4.50. The molecule has 2 aromatic heterocycles. The van der Waals surface area contributed by atoms with Crippen molar-refractivity contribution >= 4 is 22.6 Å². The predicted octanol–water partition coefficient (Wildman–Crippen LogP) is 1.11. The number of para-hydroxylation sites is 1. The maximum atomic E-state index is 12.8. The normalized spacial score (nSPS) is 16.6. The molecule has 1 amide bonds. The number of benzene rings is 1. The smallest absolute Gasteiger partial charge is 0.264 e. The number of nitrogens with zero attached hydrogens (tertiary/aromatic N) is 5. The van der Waals surface area contributed by atoms with Crippen molar-refractivity contribution in [1.82, 2.24) is 19.3 Å². The SMILES string of the molecule is C[C@H]1Cc2ccccc2N1C(=O)Cn1cnc2c(cnn2C)c1=O. The van der Waals surface area contributed by atoms with Gasteiger partial charge in [0.2, 0.25) is 5.91 Å². The first-order chi connectivity index (χ1) is 11.6. The van der Waals surface area contributed by atoms with Gasteiger partial charge in [0.05, 0.1) is 6.20 Å². The molecular weight excluding hydrogens is 306 g/mol. The summed E-state index contributed by atoms with van der Waals surface area (Å²) < 4.78 is 2.89. The fourth-order valence-corrected chi connectivity index (χ4v) is 3.35. The molecule has 4 rings (SSSR count). The van der Waals surface area contributed by atoms with Crippen molar-refractivity contribution in [2.24, 2.45) is 7.05 Å². The molecule has 0 saturated carbocycles. The number of hydrogen-bond acceptors (Lipinski definition) is 4. The number of aryl methyl sites for hydroxylation is 1. The number of amides is 1. The number of carbonyl (C=O) groups excluding carboxylic acids is 1. The van der Waals surface area contributed by atoms with E-state index in [0.717, 1.165) is 17.7 Å². The lowest BCUT2D eigenvalue weighted by molar-refractivity contribution is -0.119. The van der Waals surface area contributed by atoms with Crippen molar-refractivity contribution in [2.45, 2.75) is 25.9 Å². The third kappa shape index (κ3) is 2.12. The molecule has 0 unspecified atom stereocenters. The van der Waals surface area contributed by atoms with E-state index in [9.17, 15) is 9.59 Å². The maximum Gasteiger partial charge on any atom is 0.264 e. The molecule has 1 aromatic carbocycles. The molecule has 0 N–H and O–H groups in total. The minimum absolute atomic E-state index is 0.0324. The Hall–Kier alpha value is -2.96. The van der Waals surface area contributed by atoms with Crippen LogP contribution in [0.4, 0.5) is 5.69 Å². The molecule has 1 aliphatic rings. The topological polar surface area (TPSA) is 73.0 Å². The second-order valence-electron chi connectivity index (χ2n) is 6.13. The van der Waals surface area contributed by atoms with Crippen LogP contribution in [0.1, 0.15) is 12.5 Å². The molecule has 7 nitrogen and oxygen atoms in total. The standard InChI is InChI=1S/C17H17N5O2/c1-11-7-12-5-3-4-6-14(12)22(11)15(23)9-21-10-18-16-13(17(21)24)8-19-20(16)2/h3-6,8,10-11H,7,9H2,1-2H3/t11-/m0/s1. The lowest BCUT2D eigenvalue weighted by atomic mass is 10.1. The van der Waals surface area contributed by atoms with Gasteiger partial charge in [-0.3, -0.25) is 18.8 Å². The highest BCUT2D eigenvalue weighted by Gasteiger charge is 2.30. The van der Waals surface area contributed by atoms with Gasteiger partial charge in [-0.1, -0.05) is 18.2 Å². The minimum atomic E-state index is -0.249. The Balaban J connectivity index is 1.68. The first-order valence-corrected chi connectivity index (χ1v) is 7.83. The fraction of sp³-hybridized carbons (Fsp3) is 0.294. The number of hydrogen-bond donors (Lipinski definition) is 0. The largest absolute Gasteiger partial charge is 0.307 e. The average molecular weight is 323 g/mol. The molecule has 0 bridgehead atoms. The van der Waals surface area contributed by atoms with Crippen molar-refractivity contribution in [2.75, 3.05) is 4.90 Å². The van der Waals surface area contributed by atoms with Gasteiger partial charge in [-0.2, -0.15) is 5.10 Å². The van der Waals surface area contributed by atoms with E-state index in [0.29, 0.717) is 11.0 Å². The van der Waals surface area contributed by atoms with Crippen LogP contribution in [0.5, 0.6) is 0 Å². The van der Waals surface area contributed by atoms with Crippen molar-refractivity contribution in [3.8, 4) is 0 Å². The average Bonchev–Trinajstić information content (AvgIpc) is 3.10. The fourth-order valence-electron chi connectivity index (χ4n) is 3.35. The molecule has 7 heteroatoms. The first kappa shape index (κ1) is 14.6. The Morgan fingerprint density at radius 1 is 1.33 bits per heavy atom. The molecule has 3 aromatic rings. The molecule has 1 aliphatic heterocycles. The van der Waals surface area contributed by atoms with Crippen LogP contribution in [0.15, 0.2) is 41.6 Å². The molecule has 0 radical (unpaired) electrons. The number of rotatable bonds is 2. The molecule has 3 heterocycles. The minimum Gasteiger partial charge on any atom is -0.307 e. The zero-order valence-corrected chi connectivity index (χ0v) is 13.5. The van der Waals surface area contributed by atoms with Crippen LogP contribution in [0.3, 0.4) is 0 Å². The summed E-state index contributed by atoms with van der Waals surface area (Å²) in [5.41, 5.74) is 2.36. The highest BCUT2D eigenvalue weighted by atomic mass is 16.2. The summed E-state index contributed by atoms with van der Waals surface area (Å²) in [6.45, 7) is 1.98. The Bertz CT molecular complexity index is 1000. The Morgan fingerprint density at radius 2 is 2.12 bits per heavy atom. The summed E-state index contributed by atoms with van der Waals surface area (Å²) in [6, 6.07) is 7.97. The van der Waals surface area contributed by atoms with E-state index >= 15 is 0 Å². The van der Waals surface area contributed by atoms with E-state index in [1.54, 1.807) is 16.6 Å². The van der Waals surface area contributed by atoms with Gasteiger partial charge in [0.15, 0.2) is 5.65 Å². The monoisotopic (exact) mass is 323 g/mol. The summed E-state index contributed by atoms with van der Waals surface area (Å²) in [4.78, 5) is 31.3. The number of anilines is 1. The Morgan fingerprint density at radius 3 is 2.96 bits per heavy atom. The number of aromatic nitrogens is 4. The second kappa shape index (κ2) is 5.30. The van der Waals surface area contributed by atoms with Gasteiger partial charge < -0.3 is 4.90 Å². The van der Waals surface area contributed by atoms with Gasteiger partial charge in [-0.25, -0.2) is 4.98 Å². The highest BCUT2D eigenvalue weighted by Crippen LogP contribution is 2.31. The summed E-state index contributed by atoms with van der Waals surface area (Å²) in [5.74, 6) is -0.111. The molecule has 122 valence electrons. The zero-order chi connectivity index (χ0) is 16.8. The van der Waals surface area contributed by atoms with Crippen molar-refractivity contribution in [3.63, 3.8) is 0 Å². The summed E-state index contributed by atoms with van der Waals surface area (Å²) in [7, 11) is 1.73. The van der Waals surface area contributed by atoms with Crippen LogP contribution in [-0.4, -0.2) is 31.3 Å². The van der Waals surface area contributed by atoms with Gasteiger partial charge in [0, 0.05) is 18.8 Å². The summed E-state index contributed by atoms with van der Waals surface area (Å²) in [6.07, 6.45) is 3.73. The van der Waals surface area contributed by atoms with Crippen molar-refractivity contribution < 1.29 is 4.79 Å². The second-order valence-corrected chi connectivity index (χ2v) is 6.13. The molecule has 0 saturated heterocycles. The van der Waals surface area contributed by atoms with Gasteiger partial charge >= 0.3 is 0 Å². The summed E-state index contributed by atoms with van der Waals surface area (Å²) in [5, 5.41) is 4.46. The maximum absolute atomic E-state index is 12.8. The van der Waals surface area contributed by atoms with E-state index in [1.807, 2.05) is 31.2 Å². The molecule has 0 aliphatic carbocycles. The predicted molar refractivity (Wildman–Crippen MR) is 89.9 cm³/mol. The Labute approximate surface area is 138 Å². The Kier molecular flexibility index (Phi) is 3.23. The van der Waals surface area contributed by atoms with Crippen LogP contribution in [-0.2, 0) is 24.8 Å². The number of carbonyl (C=O) groups is 1. The van der Waals surface area contributed by atoms with Gasteiger partial charge in [0.1, 0.15) is 18.3 Å². The van der Waals surface area contributed by atoms with E-state index in [1.165, 1.54) is 17.1 Å². The van der Waals surface area contributed by atoms with Crippen LogP contribution in [0, 0.1) is 0 Å². The van der Waals surface area contributed by atoms with Crippen LogP contribution in [0.25, 0.3) is 11.0 Å². The molecule has 0 spiro atoms. The zero-order valence-electron chi connectivity index (χ0n) is 13.5. The van der Waals surface area contributed by atoms with Crippen LogP contribution >= 0.6 is 0 Å². The quantitative estimate of drug-likeness (QED) is 0.708. The van der Waals surface area contributed by atoms with E-state index in [4.69, 9.17) is 0 Å². The van der Waals surface area contributed by atoms with E-state index in [-0.39, 0.29) is 24.1 Å². The van der Waals surface area contributed by atoms with Crippen LogP contribution < -0.4 is 10.5 Å². The number of fused-ring (bicyclic) bond motifs is 2. The van der Waals surface area contributed by atoms with E-state index in [2.05, 4.69) is 10.1 Å². The molecule has 0 fully saturated rings. The molecular formula is C17H17N5O2. The third-order valence-corrected chi connectivity index (χ3v) is 4.50. The van der Waals surface area contributed by atoms with E-state index < -0.39 is 0 Å². The molecule has 1 atom stereocenters. The highest BCUT2D eigenvalue weighted by molar-refractivity contribution is 5.96. The summed E-state index contributed by atoms with van der Waals surface area (Å²) >= 11 is 0. The van der Waals surface area contributed by atoms with Crippen molar-refractivity contribution in [1.29, 1.82) is 0 Å². The lowest BCUT2D eigenvalue weighted by Gasteiger charge is -2.23. The lowest BCUT2D eigenvalue weighted by Crippen LogP contribution is -2.40. The van der Waals surface area contributed by atoms with Crippen LogP contribution in [0.2, 0.25) is 0 Å². The van der Waals surface area contributed by atoms with Gasteiger partial charge in [-0.05, 0) is 25.0 Å². The van der Waals surface area contributed by atoms with Crippen molar-refractivity contribution in [3.05, 3.63) is 52.7 Å². The van der Waals surface area contributed by atoms with Gasteiger partial charge in [-0.15, -0.1) is 0 Å². The van der Waals surface area contributed by atoms with Gasteiger partial charge in [0.25, 0.3) is 5.56 Å².